The molecule has 1 fully saturated rings. The molecule has 0 radical (unpaired) electrons. The third-order valence-electron chi connectivity index (χ3n) is 3.69. The third kappa shape index (κ3) is 4.76. The Bertz CT molecular complexity index is 403. The molecular weight excluding hydrogens is 250 g/mol. The lowest BCUT2D eigenvalue weighted by Gasteiger charge is -2.15. The van der Waals surface area contributed by atoms with Gasteiger partial charge in [0.1, 0.15) is 5.75 Å². The zero-order valence-corrected chi connectivity index (χ0v) is 12.8. The average Bonchev–Trinajstić information content (AvgIpc) is 2.96. The van der Waals surface area contributed by atoms with Gasteiger partial charge in [-0.05, 0) is 58.0 Å². The van der Waals surface area contributed by atoms with Crippen LogP contribution in [0.3, 0.4) is 0 Å². The maximum absolute atomic E-state index is 5.92. The SMILES string of the molecule is CCNCc1nc(C)ccc1OCCCN1CCCC1. The number of pyridine rings is 1. The Hall–Kier alpha value is -1.13. The fourth-order valence-electron chi connectivity index (χ4n) is 2.58. The van der Waals surface area contributed by atoms with Crippen LogP contribution in [0.1, 0.15) is 37.6 Å². The summed E-state index contributed by atoms with van der Waals surface area (Å²) in [5.41, 5.74) is 2.07. The highest BCUT2D eigenvalue weighted by molar-refractivity contribution is 5.29. The second-order valence-corrected chi connectivity index (χ2v) is 5.43. The van der Waals surface area contributed by atoms with Gasteiger partial charge in [0.15, 0.2) is 0 Å². The number of nitrogens with zero attached hydrogens (tertiary/aromatic N) is 2. The second kappa shape index (κ2) is 8.22. The summed E-state index contributed by atoms with van der Waals surface area (Å²) in [6, 6.07) is 4.07. The summed E-state index contributed by atoms with van der Waals surface area (Å²) in [6.07, 6.45) is 3.81. The first kappa shape index (κ1) is 15.3. The summed E-state index contributed by atoms with van der Waals surface area (Å²) in [5, 5.41) is 3.32. The minimum absolute atomic E-state index is 0.777. The fraction of sp³-hybridized carbons (Fsp3) is 0.688. The highest BCUT2D eigenvalue weighted by Gasteiger charge is 2.11. The van der Waals surface area contributed by atoms with Gasteiger partial charge in [0.2, 0.25) is 0 Å². The molecule has 0 aromatic carbocycles. The first-order chi connectivity index (χ1) is 9.79. The molecule has 0 unspecified atom stereocenters. The van der Waals surface area contributed by atoms with Crippen molar-refractivity contribution >= 4 is 0 Å². The second-order valence-electron chi connectivity index (χ2n) is 5.43. The largest absolute Gasteiger partial charge is 0.492 e. The van der Waals surface area contributed by atoms with Crippen molar-refractivity contribution in [1.29, 1.82) is 0 Å². The number of aryl methyl sites for hydroxylation is 1. The highest BCUT2D eigenvalue weighted by Crippen LogP contribution is 2.17. The Balaban J connectivity index is 1.78. The molecule has 1 aliphatic rings. The topological polar surface area (TPSA) is 37.4 Å². The molecule has 0 bridgehead atoms. The minimum atomic E-state index is 0.777. The van der Waals surface area contributed by atoms with Crippen LogP contribution in [0.15, 0.2) is 12.1 Å². The van der Waals surface area contributed by atoms with Crippen LogP contribution < -0.4 is 10.1 Å². The quantitative estimate of drug-likeness (QED) is 0.740. The molecule has 20 heavy (non-hydrogen) atoms. The molecular formula is C16H27N3O. The van der Waals surface area contributed by atoms with Crippen molar-refractivity contribution in [2.75, 3.05) is 32.8 Å². The van der Waals surface area contributed by atoms with Gasteiger partial charge in [0, 0.05) is 18.8 Å². The Labute approximate surface area is 122 Å². The minimum Gasteiger partial charge on any atom is -0.492 e. The van der Waals surface area contributed by atoms with Gasteiger partial charge in [0.25, 0.3) is 0 Å². The standard InChI is InChI=1S/C16H27N3O/c1-3-17-13-15-16(8-7-14(2)18-15)20-12-6-11-19-9-4-5-10-19/h7-8,17H,3-6,9-13H2,1-2H3. The molecule has 0 aliphatic carbocycles. The van der Waals surface area contributed by atoms with Crippen molar-refractivity contribution < 1.29 is 4.74 Å². The van der Waals surface area contributed by atoms with Crippen LogP contribution in [0.25, 0.3) is 0 Å². The van der Waals surface area contributed by atoms with Crippen molar-refractivity contribution in [2.45, 2.75) is 39.7 Å². The summed E-state index contributed by atoms with van der Waals surface area (Å²) >= 11 is 0. The lowest BCUT2D eigenvalue weighted by atomic mass is 10.2. The van der Waals surface area contributed by atoms with E-state index in [0.717, 1.165) is 49.8 Å². The number of nitrogens with one attached hydrogen (secondary N) is 1. The normalized spacial score (nSPS) is 15.7. The Morgan fingerprint density at radius 1 is 1.30 bits per heavy atom. The maximum atomic E-state index is 5.92. The maximum Gasteiger partial charge on any atom is 0.142 e. The van der Waals surface area contributed by atoms with Crippen molar-refractivity contribution in [3.05, 3.63) is 23.5 Å². The van der Waals surface area contributed by atoms with Gasteiger partial charge in [-0.2, -0.15) is 0 Å². The molecule has 0 saturated carbocycles. The summed E-state index contributed by atoms with van der Waals surface area (Å²) in [7, 11) is 0. The van der Waals surface area contributed by atoms with Crippen LogP contribution >= 0.6 is 0 Å². The van der Waals surface area contributed by atoms with E-state index in [1.54, 1.807) is 0 Å². The van der Waals surface area contributed by atoms with Crippen molar-refractivity contribution in [3.8, 4) is 5.75 Å². The molecule has 4 nitrogen and oxygen atoms in total. The molecule has 0 amide bonds. The summed E-state index contributed by atoms with van der Waals surface area (Å²) in [5.74, 6) is 0.929. The van der Waals surface area contributed by atoms with E-state index in [1.807, 2.05) is 19.1 Å². The number of likely N-dealkylation sites (tertiary alicyclic amines) is 1. The van der Waals surface area contributed by atoms with Crippen LogP contribution in [0, 0.1) is 6.92 Å². The first-order valence-corrected chi connectivity index (χ1v) is 7.82. The predicted molar refractivity (Wildman–Crippen MR) is 82.1 cm³/mol. The van der Waals surface area contributed by atoms with E-state index < -0.39 is 0 Å². The Kier molecular flexibility index (Phi) is 6.27. The smallest absolute Gasteiger partial charge is 0.142 e. The van der Waals surface area contributed by atoms with E-state index in [2.05, 4.69) is 22.1 Å². The molecule has 112 valence electrons. The Morgan fingerprint density at radius 3 is 2.85 bits per heavy atom. The van der Waals surface area contributed by atoms with E-state index in [1.165, 1.54) is 25.9 Å². The van der Waals surface area contributed by atoms with Crippen molar-refractivity contribution in [2.24, 2.45) is 0 Å². The van der Waals surface area contributed by atoms with Gasteiger partial charge in [-0.1, -0.05) is 6.92 Å². The molecule has 2 rings (SSSR count). The van der Waals surface area contributed by atoms with Gasteiger partial charge in [-0.3, -0.25) is 4.98 Å². The van der Waals surface area contributed by atoms with Crippen LogP contribution in [-0.2, 0) is 6.54 Å². The predicted octanol–water partition coefficient (Wildman–Crippen LogP) is 2.36. The molecule has 1 aliphatic heterocycles. The molecule has 1 aromatic heterocycles. The van der Waals surface area contributed by atoms with E-state index in [-0.39, 0.29) is 0 Å². The van der Waals surface area contributed by atoms with E-state index in [4.69, 9.17) is 4.74 Å². The zero-order valence-electron chi connectivity index (χ0n) is 12.8. The summed E-state index contributed by atoms with van der Waals surface area (Å²) < 4.78 is 5.92. The third-order valence-corrected chi connectivity index (χ3v) is 3.69. The summed E-state index contributed by atoms with van der Waals surface area (Å²) in [6.45, 7) is 10.3. The van der Waals surface area contributed by atoms with E-state index in [0.29, 0.717) is 0 Å². The number of hydrogen-bond acceptors (Lipinski definition) is 4. The van der Waals surface area contributed by atoms with E-state index >= 15 is 0 Å². The molecule has 1 aromatic rings. The summed E-state index contributed by atoms with van der Waals surface area (Å²) in [4.78, 5) is 7.09. The monoisotopic (exact) mass is 277 g/mol. The Morgan fingerprint density at radius 2 is 2.10 bits per heavy atom. The van der Waals surface area contributed by atoms with Gasteiger partial charge >= 0.3 is 0 Å². The van der Waals surface area contributed by atoms with E-state index in [9.17, 15) is 0 Å². The van der Waals surface area contributed by atoms with Gasteiger partial charge in [-0.15, -0.1) is 0 Å². The van der Waals surface area contributed by atoms with Crippen LogP contribution in [-0.4, -0.2) is 42.7 Å². The van der Waals surface area contributed by atoms with Gasteiger partial charge < -0.3 is 15.0 Å². The zero-order chi connectivity index (χ0) is 14.2. The highest BCUT2D eigenvalue weighted by atomic mass is 16.5. The molecule has 4 heteroatoms. The average molecular weight is 277 g/mol. The number of rotatable bonds is 8. The van der Waals surface area contributed by atoms with Crippen LogP contribution in [0.4, 0.5) is 0 Å². The lowest BCUT2D eigenvalue weighted by molar-refractivity contribution is 0.260. The molecule has 1 saturated heterocycles. The number of aromatic nitrogens is 1. The lowest BCUT2D eigenvalue weighted by Crippen LogP contribution is -2.22. The van der Waals surface area contributed by atoms with Gasteiger partial charge in [-0.25, -0.2) is 0 Å². The molecule has 0 spiro atoms. The van der Waals surface area contributed by atoms with Crippen LogP contribution in [0.2, 0.25) is 0 Å². The van der Waals surface area contributed by atoms with Crippen LogP contribution in [0.5, 0.6) is 5.75 Å². The molecule has 2 heterocycles. The number of hydrogen-bond donors (Lipinski definition) is 1. The molecule has 0 atom stereocenters. The van der Waals surface area contributed by atoms with Gasteiger partial charge in [0.05, 0.1) is 12.3 Å². The number of ether oxygens (including phenoxy) is 1. The van der Waals surface area contributed by atoms with Crippen molar-refractivity contribution in [3.63, 3.8) is 0 Å². The fourth-order valence-corrected chi connectivity index (χ4v) is 2.58. The molecule has 1 N–H and O–H groups in total. The van der Waals surface area contributed by atoms with Crippen molar-refractivity contribution in [1.82, 2.24) is 15.2 Å². The first-order valence-electron chi connectivity index (χ1n) is 7.82.